The van der Waals surface area contributed by atoms with Crippen molar-refractivity contribution in [3.63, 3.8) is 0 Å². The maximum atomic E-state index is 13.3. The van der Waals surface area contributed by atoms with E-state index in [4.69, 9.17) is 24.4 Å². The normalized spacial score (nSPS) is 13.3. The summed E-state index contributed by atoms with van der Waals surface area (Å²) in [4.78, 5) is 28.3. The Labute approximate surface area is 289 Å². The van der Waals surface area contributed by atoms with Crippen molar-refractivity contribution in [1.82, 2.24) is 4.90 Å². The van der Waals surface area contributed by atoms with Crippen LogP contribution in [0.5, 0.6) is 17.2 Å². The number of amidine groups is 1. The first-order chi connectivity index (χ1) is 24.3. The number of rotatable bonds is 11. The minimum absolute atomic E-state index is 0.0810. The van der Waals surface area contributed by atoms with E-state index in [1.54, 1.807) is 43.5 Å². The summed E-state index contributed by atoms with van der Waals surface area (Å²) in [7, 11) is 4.68. The molecule has 0 bridgehead atoms. The predicted octanol–water partition coefficient (Wildman–Crippen LogP) is 4.47. The lowest BCUT2D eigenvalue weighted by Crippen LogP contribution is -2.69. The molecule has 12 nitrogen and oxygen atoms in total. The van der Waals surface area contributed by atoms with Gasteiger partial charge in [-0.25, -0.2) is 0 Å². The fourth-order valence-electron chi connectivity index (χ4n) is 6.00. The van der Waals surface area contributed by atoms with Crippen LogP contribution in [0, 0.1) is 6.92 Å². The molecular weight excluding hydrogens is 636 g/mol. The summed E-state index contributed by atoms with van der Waals surface area (Å²) in [5.74, 6) is 0.920. The lowest BCUT2D eigenvalue weighted by Gasteiger charge is -2.29. The summed E-state index contributed by atoms with van der Waals surface area (Å²) in [6.07, 6.45) is 1.94. The lowest BCUT2D eigenvalue weighted by molar-refractivity contribution is -0.472. The molecule has 2 heterocycles. The molecule has 256 valence electrons. The Kier molecular flexibility index (Phi) is 10.2. The van der Waals surface area contributed by atoms with Crippen molar-refractivity contribution in [3.05, 3.63) is 123 Å². The number of hydrogen-bond donors (Lipinski definition) is 3. The van der Waals surface area contributed by atoms with Gasteiger partial charge in [-0.05, 0) is 78.4 Å². The molecule has 0 unspecified atom stereocenters. The maximum Gasteiger partial charge on any atom is 0.291 e. The van der Waals surface area contributed by atoms with Gasteiger partial charge in [0.05, 0.1) is 43.2 Å². The fourth-order valence-corrected chi connectivity index (χ4v) is 6.00. The number of nitrogens with two attached hydrogens (primary N) is 1. The van der Waals surface area contributed by atoms with E-state index >= 15 is 0 Å². The highest BCUT2D eigenvalue weighted by Crippen LogP contribution is 2.33. The Bertz CT molecular complexity index is 2160. The highest BCUT2D eigenvalue weighted by atomic mass is 16.5. The van der Waals surface area contributed by atoms with Crippen LogP contribution in [0.25, 0.3) is 11.0 Å². The van der Waals surface area contributed by atoms with Gasteiger partial charge < -0.3 is 29.7 Å². The molecule has 5 aromatic rings. The molecule has 0 aliphatic carbocycles. The van der Waals surface area contributed by atoms with Gasteiger partial charge in [0.2, 0.25) is 5.84 Å². The molecule has 6 rings (SSSR count). The van der Waals surface area contributed by atoms with E-state index < -0.39 is 5.91 Å². The number of amides is 1. The Morgan fingerprint density at radius 3 is 2.44 bits per heavy atom. The molecule has 0 saturated heterocycles. The first-order valence-electron chi connectivity index (χ1n) is 16.1. The minimum Gasteiger partial charge on any atom is -0.496 e. The number of para-hydroxylation sites is 1. The average Bonchev–Trinajstić information content (AvgIpc) is 3.13. The number of carbonyl (C=O) groups is 1. The molecule has 0 saturated carbocycles. The average molecular weight is 676 g/mol. The van der Waals surface area contributed by atoms with E-state index in [0.29, 0.717) is 33.7 Å². The van der Waals surface area contributed by atoms with Crippen LogP contribution >= 0.6 is 0 Å². The molecule has 12 heteroatoms. The second kappa shape index (κ2) is 15.0. The molecule has 0 spiro atoms. The van der Waals surface area contributed by atoms with E-state index in [9.17, 15) is 9.59 Å². The van der Waals surface area contributed by atoms with Crippen molar-refractivity contribution in [2.24, 2.45) is 16.1 Å². The van der Waals surface area contributed by atoms with Crippen molar-refractivity contribution in [2.75, 3.05) is 39.7 Å². The van der Waals surface area contributed by atoms with Crippen molar-refractivity contribution in [3.8, 4) is 17.2 Å². The topological polar surface area (TPSA) is 155 Å². The number of methoxy groups -OCH3 is 3. The number of nitrogens with zero attached hydrogens (tertiary/aromatic N) is 3. The summed E-state index contributed by atoms with van der Waals surface area (Å²) in [6.45, 7) is 4.97. The van der Waals surface area contributed by atoms with Gasteiger partial charge in [-0.3, -0.25) is 14.5 Å². The van der Waals surface area contributed by atoms with Crippen LogP contribution in [0.4, 0.5) is 11.4 Å². The summed E-state index contributed by atoms with van der Waals surface area (Å²) < 4.78 is 22.1. The van der Waals surface area contributed by atoms with Gasteiger partial charge in [0.1, 0.15) is 11.3 Å². The molecule has 1 aromatic heterocycles. The Morgan fingerprint density at radius 2 is 1.68 bits per heavy atom. The Hall–Kier alpha value is -6.01. The highest BCUT2D eigenvalue weighted by molar-refractivity contribution is 6.08. The van der Waals surface area contributed by atoms with Gasteiger partial charge in [-0.15, -0.1) is 0 Å². The van der Waals surface area contributed by atoms with Crippen LogP contribution in [0.15, 0.2) is 98.4 Å². The third-order valence-electron chi connectivity index (χ3n) is 8.72. The van der Waals surface area contributed by atoms with Crippen LogP contribution in [0.3, 0.4) is 0 Å². The zero-order chi connectivity index (χ0) is 35.2. The van der Waals surface area contributed by atoms with Gasteiger partial charge in [0, 0.05) is 36.9 Å². The highest BCUT2D eigenvalue weighted by Gasteiger charge is 2.21. The first-order valence-corrected chi connectivity index (χ1v) is 16.1. The Balaban J connectivity index is 1.13. The summed E-state index contributed by atoms with van der Waals surface area (Å²) in [5.41, 5.74) is 12.7. The van der Waals surface area contributed by atoms with Crippen LogP contribution in [0.1, 0.15) is 38.4 Å². The predicted molar refractivity (Wildman–Crippen MR) is 191 cm³/mol. The SMILES string of the molecule is COc1cc2c(cc1C)CCN(CCc1ccc(N=N[NH+]=C(N)c3cc(OC)c(OC)cc3NC(=O)c3cc(=O)c4ccccc4o3)cc1)C2. The van der Waals surface area contributed by atoms with Crippen molar-refractivity contribution >= 4 is 34.1 Å². The second-order valence-corrected chi connectivity index (χ2v) is 11.9. The van der Waals surface area contributed by atoms with Gasteiger partial charge in [-0.1, -0.05) is 30.3 Å². The van der Waals surface area contributed by atoms with Crippen molar-refractivity contribution in [1.29, 1.82) is 0 Å². The zero-order valence-corrected chi connectivity index (χ0v) is 28.4. The molecule has 4 aromatic carbocycles. The molecule has 0 atom stereocenters. The van der Waals surface area contributed by atoms with Crippen LogP contribution in [-0.2, 0) is 19.4 Å². The maximum absolute atomic E-state index is 13.3. The number of ether oxygens (including phenoxy) is 3. The summed E-state index contributed by atoms with van der Waals surface area (Å²) in [6, 6.07) is 23.3. The van der Waals surface area contributed by atoms with E-state index in [2.05, 4.69) is 44.7 Å². The molecule has 1 amide bonds. The number of fused-ring (bicyclic) bond motifs is 2. The molecule has 0 fully saturated rings. The number of anilines is 1. The van der Waals surface area contributed by atoms with Gasteiger partial charge in [0.25, 0.3) is 5.91 Å². The molecule has 0 radical (unpaired) electrons. The molecule has 4 N–H and O–H groups in total. The fraction of sp³-hybridized carbons (Fsp3) is 0.237. The largest absolute Gasteiger partial charge is 0.496 e. The Morgan fingerprint density at radius 1 is 0.940 bits per heavy atom. The quantitative estimate of drug-likeness (QED) is 0.0803. The molecular formula is C38H39N6O6+. The number of aryl methyl sites for hydroxylation is 1. The number of hydrogen-bond acceptors (Lipinski definition) is 9. The summed E-state index contributed by atoms with van der Waals surface area (Å²) >= 11 is 0. The van der Waals surface area contributed by atoms with Gasteiger partial charge in [0.15, 0.2) is 28.4 Å². The van der Waals surface area contributed by atoms with Crippen molar-refractivity contribution < 1.29 is 28.5 Å². The smallest absolute Gasteiger partial charge is 0.291 e. The lowest BCUT2D eigenvalue weighted by atomic mass is 9.96. The number of benzene rings is 4. The third kappa shape index (κ3) is 7.50. The number of nitrogen functional groups attached to an aromatic ring is 1. The van der Waals surface area contributed by atoms with Crippen LogP contribution < -0.4 is 35.8 Å². The monoisotopic (exact) mass is 675 g/mol. The standard InChI is InChI=1S/C38H38N6O6/c1-23-17-25-14-16-44(22-26(25)18-33(23)47-2)15-13-24-9-11-27(12-10-24)41-43-42-37(39)29-19-34(48-3)35(49-4)20-30(29)40-38(46)36-21-31(45)28-7-5-6-8-32(28)50-36/h5-12,17-21H,13-16,22H2,1-4H3,(H,40,46)(H2,39,41,42)/p+1. The van der Waals surface area contributed by atoms with E-state index in [1.807, 2.05) is 24.3 Å². The zero-order valence-electron chi connectivity index (χ0n) is 28.4. The summed E-state index contributed by atoms with van der Waals surface area (Å²) in [5, 5.41) is 14.2. The van der Waals surface area contributed by atoms with Crippen LogP contribution in [0.2, 0.25) is 0 Å². The van der Waals surface area contributed by atoms with Gasteiger partial charge >= 0.3 is 0 Å². The number of carbonyl (C=O) groups excluding carboxylic acids is 1. The van der Waals surface area contributed by atoms with E-state index in [1.165, 1.54) is 36.5 Å². The van der Waals surface area contributed by atoms with E-state index in [-0.39, 0.29) is 22.7 Å². The van der Waals surface area contributed by atoms with Crippen LogP contribution in [-0.4, -0.2) is 51.1 Å². The van der Waals surface area contributed by atoms with E-state index in [0.717, 1.165) is 44.3 Å². The first kappa shape index (κ1) is 33.9. The third-order valence-corrected chi connectivity index (χ3v) is 8.72. The molecule has 50 heavy (non-hydrogen) atoms. The molecule has 1 aliphatic heterocycles. The second-order valence-electron chi connectivity index (χ2n) is 11.9. The minimum atomic E-state index is -0.656. The van der Waals surface area contributed by atoms with Gasteiger partial charge in [-0.2, -0.15) is 5.10 Å². The molecule has 1 aliphatic rings. The number of nitrogens with one attached hydrogen (secondary N) is 2. The van der Waals surface area contributed by atoms with Crippen molar-refractivity contribution in [2.45, 2.75) is 26.3 Å².